The summed E-state index contributed by atoms with van der Waals surface area (Å²) in [6, 6.07) is 0. The number of Topliss-reactive ketones (excluding diaryl/α,β-unsaturated/α-hetero) is 1. The molecule has 0 bridgehead atoms. The summed E-state index contributed by atoms with van der Waals surface area (Å²) in [5.74, 6) is 218. The van der Waals surface area contributed by atoms with Gasteiger partial charge in [-0.25, -0.2) is 0 Å². The van der Waals surface area contributed by atoms with Crippen molar-refractivity contribution in [2.24, 2.45) is 0 Å². The molecule has 0 atom stereocenters. The fraction of sp³-hybridized carbons (Fsp3) is 0.0430. The summed E-state index contributed by atoms with van der Waals surface area (Å²) in [4.78, 5) is 9.99. The van der Waals surface area contributed by atoms with Gasteiger partial charge in [-0.2, -0.15) is 12.6 Å². The predicted molar refractivity (Wildman–Crippen MR) is 378 cm³/mol. The van der Waals surface area contributed by atoms with Crippen LogP contribution in [0.2, 0.25) is 0 Å². The maximum absolute atomic E-state index is 9.99. The van der Waals surface area contributed by atoms with Crippen molar-refractivity contribution in [2.75, 3.05) is 5.75 Å². The molecule has 95 heavy (non-hydrogen) atoms. The first-order valence-corrected chi connectivity index (χ1v) is 24.8. The third kappa shape index (κ3) is 81.2. The van der Waals surface area contributed by atoms with E-state index in [0.29, 0.717) is 12.2 Å². The van der Waals surface area contributed by atoms with Crippen LogP contribution in [0.3, 0.4) is 0 Å². The topological polar surface area (TPSA) is 17.1 Å². The van der Waals surface area contributed by atoms with E-state index in [0.717, 1.165) is 0 Å². The van der Waals surface area contributed by atoms with E-state index in [4.69, 9.17) is 6.42 Å². The summed E-state index contributed by atoms with van der Waals surface area (Å²) in [7, 11) is 0. The van der Waals surface area contributed by atoms with Crippen LogP contribution in [0.4, 0.5) is 0 Å². The van der Waals surface area contributed by atoms with Crippen LogP contribution in [0.15, 0.2) is 0 Å². The lowest BCUT2D eigenvalue weighted by molar-refractivity contribution is -0.116. The molecule has 0 amide bonds. The first kappa shape index (κ1) is 77.7. The minimum absolute atomic E-state index is 0.213. The lowest BCUT2D eigenvalue weighted by Gasteiger charge is -1.80. The molecule has 0 saturated heterocycles. The van der Waals surface area contributed by atoms with Crippen molar-refractivity contribution in [2.45, 2.75) is 20.3 Å². The molecule has 1 nitrogen and oxygen atoms in total. The lowest BCUT2D eigenvalue weighted by atomic mass is 10.4. The Kier molecular flexibility index (Phi) is 62.8. The molecule has 0 N–H and O–H groups in total. The highest BCUT2D eigenvalue weighted by Gasteiger charge is 1.84. The molecule has 2 heteroatoms. The Morgan fingerprint density at radius 2 is 0.274 bits per heavy atom. The molecule has 0 heterocycles. The van der Waals surface area contributed by atoms with Crippen molar-refractivity contribution in [3.05, 3.63) is 0 Å². The fourth-order valence-electron chi connectivity index (χ4n) is 2.85. The Hall–Kier alpha value is -19.3. The summed E-state index contributed by atoms with van der Waals surface area (Å²) in [5, 5.41) is 0. The van der Waals surface area contributed by atoms with Crippen LogP contribution in [0, 0.1) is 522 Å². The molecule has 0 unspecified atom stereocenters. The zero-order valence-electron chi connectivity index (χ0n) is 48.8. The van der Waals surface area contributed by atoms with Gasteiger partial charge in [0, 0.05) is 421 Å². The van der Waals surface area contributed by atoms with Crippen LogP contribution in [-0.2, 0) is 4.79 Å². The van der Waals surface area contributed by atoms with Crippen molar-refractivity contribution in [3.8, 4) is 522 Å². The number of carbonyl (C=O) groups is 1. The monoisotopic (exact) mass is 1180 g/mol. The van der Waals surface area contributed by atoms with E-state index in [9.17, 15) is 4.79 Å². The third-order valence-electron chi connectivity index (χ3n) is 5.91. The Balaban J connectivity index is 0. The summed E-state index contributed by atoms with van der Waals surface area (Å²) < 4.78 is 0. The number of thiol groups is 1. The number of ketones is 1. The maximum atomic E-state index is 9.99. The van der Waals surface area contributed by atoms with E-state index in [2.05, 4.69) is 528 Å². The Morgan fingerprint density at radius 3 is 0.326 bits per heavy atom. The second kappa shape index (κ2) is 76.7. The maximum Gasteiger partial charge on any atom is 0.130 e. The van der Waals surface area contributed by atoms with Crippen molar-refractivity contribution < 1.29 is 4.79 Å². The molecular formula is C93H12OS. The summed E-state index contributed by atoms with van der Waals surface area (Å²) in [5.41, 5.74) is 0. The number of carbonyl (C=O) groups excluding carboxylic acids is 1. The molecule has 0 aromatic rings. The van der Waals surface area contributed by atoms with Gasteiger partial charge in [0.15, 0.2) is 0 Å². The molecule has 0 spiro atoms. The van der Waals surface area contributed by atoms with E-state index in [1.165, 1.54) is 0 Å². The summed E-state index contributed by atoms with van der Waals surface area (Å²) >= 11 is 3.84. The molecule has 0 saturated carbocycles. The van der Waals surface area contributed by atoms with E-state index in [-0.39, 0.29) is 5.78 Å². The first-order chi connectivity index (χ1) is 47.2. The Bertz CT molecular complexity index is 6320. The average Bonchev–Trinajstić information content (AvgIpc) is 3.59. The molecule has 0 fully saturated rings. The lowest BCUT2D eigenvalue weighted by Crippen LogP contribution is -1.87. The highest BCUT2D eigenvalue weighted by atomic mass is 32.1. The van der Waals surface area contributed by atoms with Gasteiger partial charge in [-0.1, -0.05) is 5.92 Å². The molecule has 0 rings (SSSR count). The highest BCUT2D eigenvalue weighted by Crippen LogP contribution is 1.82. The van der Waals surface area contributed by atoms with Crippen molar-refractivity contribution in [3.63, 3.8) is 0 Å². The van der Waals surface area contributed by atoms with Gasteiger partial charge in [0.05, 0.1) is 0 Å². The predicted octanol–water partition coefficient (Wildman–Crippen LogP) is 1.68. The fourth-order valence-corrected chi connectivity index (χ4v) is 3.16. The molecule has 0 aliphatic heterocycles. The Labute approximate surface area is 567 Å². The van der Waals surface area contributed by atoms with E-state index in [1.54, 1.807) is 13.8 Å². The van der Waals surface area contributed by atoms with Crippen molar-refractivity contribution in [1.82, 2.24) is 0 Å². The zero-order chi connectivity index (χ0) is 68.5. The van der Waals surface area contributed by atoms with Gasteiger partial charge in [0.25, 0.3) is 0 Å². The van der Waals surface area contributed by atoms with Gasteiger partial charge in [0.1, 0.15) is 5.78 Å². The minimum Gasteiger partial charge on any atom is -0.300 e. The van der Waals surface area contributed by atoms with Gasteiger partial charge >= 0.3 is 0 Å². The van der Waals surface area contributed by atoms with E-state index in [1.807, 2.05) is 0 Å². The van der Waals surface area contributed by atoms with E-state index >= 15 is 0 Å². The molecule has 0 aromatic heterocycles. The van der Waals surface area contributed by atoms with Gasteiger partial charge in [-0.05, 0) is 114 Å². The molecule has 0 aliphatic rings. The molecular weight excluding hydrogens is 1170 g/mol. The largest absolute Gasteiger partial charge is 0.300 e. The number of hydrogen-bond acceptors (Lipinski definition) is 2. The smallest absolute Gasteiger partial charge is 0.130 e. The van der Waals surface area contributed by atoms with Crippen LogP contribution >= 0.6 is 12.6 Å². The second-order valence-electron chi connectivity index (χ2n) is 12.2. The first-order valence-electron chi connectivity index (χ1n) is 24.2. The SMILES string of the molecule is C#CC#CC#CC#CC#CC#CC#CC#CC#CC#CC#CC#CC#CC#CC#CC#CC#CC#CC#CC#CC#CC#CC#CC#CC#CC#CC#CC#CC#CC#CC#CC#CC#CC#CC#CC#CC#CC#CC#CC#CC#CC#CC#CC#CC.CC(=O)CCS. The summed E-state index contributed by atoms with van der Waals surface area (Å²) in [6.45, 7) is 3.25. The second-order valence-corrected chi connectivity index (χ2v) is 12.6. The number of terminal acetylenes is 1. The normalized spacial score (nSPS) is 4.23. The van der Waals surface area contributed by atoms with Gasteiger partial charge < -0.3 is 0 Å². The average molecular weight is 1180 g/mol. The summed E-state index contributed by atoms with van der Waals surface area (Å²) in [6.07, 6.45) is 5.55. The molecule has 0 aromatic carbocycles. The molecule has 0 aliphatic carbocycles. The molecule has 0 radical (unpaired) electrons. The van der Waals surface area contributed by atoms with E-state index < -0.39 is 0 Å². The van der Waals surface area contributed by atoms with Crippen LogP contribution in [0.25, 0.3) is 0 Å². The van der Waals surface area contributed by atoms with Crippen molar-refractivity contribution in [1.29, 1.82) is 0 Å². The standard InChI is InChI=1S/C89H4.C4H8OS/c1-3-5-7-9-11-13-15-17-19-21-23-25-27-29-31-33-35-37-39-41-43-45-47-49-51-53-55-57-59-61-63-65-67-69-71-73-75-77-79-81-83-85-87-89-88-86-84-82-80-78-76-74-72-70-68-66-64-62-60-58-56-54-52-50-48-46-44-42-40-38-36-34-32-30-28-26-24-22-20-18-16-14-12-10-8-6-4-2;1-4(5)2-3-6/h1H,2H3;6H,2-3H2,1H3. The Morgan fingerprint density at radius 1 is 0.189 bits per heavy atom. The van der Waals surface area contributed by atoms with Gasteiger partial charge in [-0.3, -0.25) is 4.79 Å². The molecule has 396 valence electrons. The van der Waals surface area contributed by atoms with Crippen LogP contribution in [-0.4, -0.2) is 11.5 Å². The third-order valence-corrected chi connectivity index (χ3v) is 6.13. The van der Waals surface area contributed by atoms with Crippen molar-refractivity contribution >= 4 is 18.4 Å². The van der Waals surface area contributed by atoms with Gasteiger partial charge in [0.2, 0.25) is 0 Å². The van der Waals surface area contributed by atoms with Crippen LogP contribution < -0.4 is 0 Å². The van der Waals surface area contributed by atoms with Crippen LogP contribution in [0.5, 0.6) is 0 Å². The highest BCUT2D eigenvalue weighted by molar-refractivity contribution is 7.80. The van der Waals surface area contributed by atoms with Gasteiger partial charge in [-0.15, -0.1) is 6.42 Å². The van der Waals surface area contributed by atoms with Crippen LogP contribution in [0.1, 0.15) is 20.3 Å². The zero-order valence-corrected chi connectivity index (χ0v) is 49.7. The quantitative estimate of drug-likeness (QED) is 0.330. The number of hydrogen-bond donors (Lipinski definition) is 1. The number of rotatable bonds is 2. The minimum atomic E-state index is 0.213.